The van der Waals surface area contributed by atoms with Gasteiger partial charge in [-0.25, -0.2) is 0 Å². The molecule has 0 amide bonds. The van der Waals surface area contributed by atoms with Gasteiger partial charge in [0.1, 0.15) is 29.0 Å². The topological polar surface area (TPSA) is 105 Å². The van der Waals surface area contributed by atoms with Gasteiger partial charge in [-0.3, -0.25) is 9.89 Å². The van der Waals surface area contributed by atoms with Crippen molar-refractivity contribution in [1.29, 1.82) is 0 Å². The molecular weight excluding hydrogens is 372 g/mol. The van der Waals surface area contributed by atoms with Gasteiger partial charge in [-0.05, 0) is 24.6 Å². The molecular formula is C20H22N6O3. The molecule has 0 radical (unpaired) electrons. The molecule has 150 valence electrons. The van der Waals surface area contributed by atoms with Gasteiger partial charge in [-0.2, -0.15) is 15.1 Å². The number of carbonyl (C=O) groups is 1. The van der Waals surface area contributed by atoms with Gasteiger partial charge in [-0.1, -0.05) is 12.1 Å². The summed E-state index contributed by atoms with van der Waals surface area (Å²) < 4.78 is 11.3. The minimum atomic E-state index is 0.120. The highest BCUT2D eigenvalue weighted by atomic mass is 16.5. The molecule has 2 N–H and O–H groups in total. The molecule has 1 aliphatic heterocycles. The summed E-state index contributed by atoms with van der Waals surface area (Å²) in [6.45, 7) is 4.38. The normalized spacial score (nSPS) is 13.9. The number of H-pyrrole nitrogens is 1. The molecule has 9 nitrogen and oxygen atoms in total. The second kappa shape index (κ2) is 8.70. The van der Waals surface area contributed by atoms with E-state index in [2.05, 4.69) is 30.4 Å². The Morgan fingerprint density at radius 1 is 1.21 bits per heavy atom. The lowest BCUT2D eigenvalue weighted by Gasteiger charge is -2.28. The molecule has 2 aromatic heterocycles. The molecule has 0 unspecified atom stereocenters. The summed E-state index contributed by atoms with van der Waals surface area (Å²) in [5.74, 6) is 2.79. The fourth-order valence-electron chi connectivity index (χ4n) is 3.01. The molecule has 4 rings (SSSR count). The number of carbonyl (C=O) groups excluding carboxylic acids is 1. The zero-order chi connectivity index (χ0) is 20.1. The van der Waals surface area contributed by atoms with E-state index >= 15 is 0 Å². The molecule has 0 aliphatic carbocycles. The lowest BCUT2D eigenvalue weighted by Crippen LogP contribution is -2.36. The van der Waals surface area contributed by atoms with E-state index in [9.17, 15) is 4.79 Å². The van der Waals surface area contributed by atoms with Crippen LogP contribution in [0.4, 0.5) is 17.5 Å². The molecule has 1 aliphatic rings. The van der Waals surface area contributed by atoms with E-state index in [-0.39, 0.29) is 11.8 Å². The Labute approximate surface area is 168 Å². The van der Waals surface area contributed by atoms with Crippen molar-refractivity contribution < 1.29 is 14.3 Å². The van der Waals surface area contributed by atoms with Gasteiger partial charge < -0.3 is 19.7 Å². The number of nitrogens with zero attached hydrogens (tertiary/aromatic N) is 4. The predicted octanol–water partition coefficient (Wildman–Crippen LogP) is 2.70. The SMILES string of the molecule is CC(=O)Cc1ccc(Oc2nc(Nc3ccn[nH]3)cc(N3CCOCC3)n2)cc1. The fourth-order valence-corrected chi connectivity index (χ4v) is 3.01. The zero-order valence-corrected chi connectivity index (χ0v) is 16.1. The first-order valence-corrected chi connectivity index (χ1v) is 9.40. The van der Waals surface area contributed by atoms with Gasteiger partial charge in [0.15, 0.2) is 0 Å². The number of anilines is 3. The summed E-state index contributed by atoms with van der Waals surface area (Å²) in [6, 6.07) is 11.3. The van der Waals surface area contributed by atoms with Crippen LogP contribution in [0.3, 0.4) is 0 Å². The van der Waals surface area contributed by atoms with Crippen LogP contribution in [0.25, 0.3) is 0 Å². The van der Waals surface area contributed by atoms with Gasteiger partial charge in [0, 0.05) is 31.6 Å². The maximum atomic E-state index is 11.3. The molecule has 0 saturated carbocycles. The Kier molecular flexibility index (Phi) is 5.66. The van der Waals surface area contributed by atoms with E-state index in [0.29, 0.717) is 31.2 Å². The first kappa shape index (κ1) is 18.9. The van der Waals surface area contributed by atoms with E-state index in [1.165, 1.54) is 0 Å². The van der Waals surface area contributed by atoms with Crippen molar-refractivity contribution in [2.45, 2.75) is 13.3 Å². The van der Waals surface area contributed by atoms with Crippen LogP contribution in [0.15, 0.2) is 42.6 Å². The highest BCUT2D eigenvalue weighted by Gasteiger charge is 2.16. The van der Waals surface area contributed by atoms with Crippen LogP contribution in [-0.2, 0) is 16.0 Å². The van der Waals surface area contributed by atoms with Crippen molar-refractivity contribution in [3.05, 3.63) is 48.2 Å². The van der Waals surface area contributed by atoms with E-state index in [0.717, 1.165) is 30.3 Å². The smallest absolute Gasteiger partial charge is 0.325 e. The van der Waals surface area contributed by atoms with Crippen LogP contribution in [0, 0.1) is 0 Å². The molecule has 3 aromatic rings. The molecule has 0 atom stereocenters. The second-order valence-corrected chi connectivity index (χ2v) is 6.71. The fraction of sp³-hybridized carbons (Fsp3) is 0.300. The Balaban J connectivity index is 1.57. The van der Waals surface area contributed by atoms with Gasteiger partial charge >= 0.3 is 6.01 Å². The third kappa shape index (κ3) is 5.08. The summed E-state index contributed by atoms with van der Waals surface area (Å²) in [5, 5.41) is 9.96. The number of ketones is 1. The molecule has 1 saturated heterocycles. The Morgan fingerprint density at radius 2 is 2.00 bits per heavy atom. The predicted molar refractivity (Wildman–Crippen MR) is 108 cm³/mol. The number of hydrogen-bond acceptors (Lipinski definition) is 8. The maximum Gasteiger partial charge on any atom is 0.325 e. The molecule has 9 heteroatoms. The van der Waals surface area contributed by atoms with Crippen LogP contribution < -0.4 is 15.0 Å². The third-order valence-corrected chi connectivity index (χ3v) is 4.38. The van der Waals surface area contributed by atoms with Crippen LogP contribution in [0.2, 0.25) is 0 Å². The zero-order valence-electron chi connectivity index (χ0n) is 16.1. The number of benzene rings is 1. The molecule has 3 heterocycles. The standard InChI is InChI=1S/C20H22N6O3/c1-14(27)12-15-2-4-16(5-3-15)29-20-23-18(22-17-6-7-21-25-17)13-19(24-20)26-8-10-28-11-9-26/h2-7,13H,8-12H2,1H3,(H2,21,22,23,24,25). The minimum absolute atomic E-state index is 0.120. The summed E-state index contributed by atoms with van der Waals surface area (Å²) >= 11 is 0. The van der Waals surface area contributed by atoms with Gasteiger partial charge in [0.2, 0.25) is 0 Å². The van der Waals surface area contributed by atoms with Crippen molar-refractivity contribution in [1.82, 2.24) is 20.2 Å². The quantitative estimate of drug-likeness (QED) is 0.630. The Morgan fingerprint density at radius 3 is 2.69 bits per heavy atom. The van der Waals surface area contributed by atoms with Gasteiger partial charge in [-0.15, -0.1) is 0 Å². The average molecular weight is 394 g/mol. The third-order valence-electron chi connectivity index (χ3n) is 4.38. The van der Waals surface area contributed by atoms with Gasteiger partial charge in [0.25, 0.3) is 0 Å². The van der Waals surface area contributed by atoms with Crippen LogP contribution in [0.5, 0.6) is 11.8 Å². The monoisotopic (exact) mass is 394 g/mol. The molecule has 29 heavy (non-hydrogen) atoms. The number of rotatable bonds is 7. The lowest BCUT2D eigenvalue weighted by atomic mass is 10.1. The lowest BCUT2D eigenvalue weighted by molar-refractivity contribution is -0.116. The number of nitrogens with one attached hydrogen (secondary N) is 2. The highest BCUT2D eigenvalue weighted by molar-refractivity contribution is 5.78. The highest BCUT2D eigenvalue weighted by Crippen LogP contribution is 2.26. The number of Topliss-reactive ketones (excluding diaryl/α,β-unsaturated/α-hetero) is 1. The van der Waals surface area contributed by atoms with E-state index in [1.807, 2.05) is 36.4 Å². The first-order valence-electron chi connectivity index (χ1n) is 9.40. The van der Waals surface area contributed by atoms with E-state index < -0.39 is 0 Å². The summed E-state index contributed by atoms with van der Waals surface area (Å²) in [4.78, 5) is 22.4. The van der Waals surface area contributed by atoms with Crippen molar-refractivity contribution >= 4 is 23.2 Å². The van der Waals surface area contributed by atoms with E-state index in [4.69, 9.17) is 9.47 Å². The summed E-state index contributed by atoms with van der Waals surface area (Å²) in [7, 11) is 0. The molecule has 0 bridgehead atoms. The summed E-state index contributed by atoms with van der Waals surface area (Å²) in [6.07, 6.45) is 2.06. The number of morpholine rings is 1. The van der Waals surface area contributed by atoms with Crippen molar-refractivity contribution in [3.63, 3.8) is 0 Å². The van der Waals surface area contributed by atoms with Crippen molar-refractivity contribution in [3.8, 4) is 11.8 Å². The van der Waals surface area contributed by atoms with Crippen LogP contribution >= 0.6 is 0 Å². The molecule has 0 spiro atoms. The van der Waals surface area contributed by atoms with Crippen LogP contribution in [0.1, 0.15) is 12.5 Å². The number of hydrogen-bond donors (Lipinski definition) is 2. The Bertz CT molecular complexity index is 953. The number of ether oxygens (including phenoxy) is 2. The van der Waals surface area contributed by atoms with Crippen LogP contribution in [-0.4, -0.2) is 52.3 Å². The Hall–Kier alpha value is -3.46. The maximum absolute atomic E-state index is 11.3. The average Bonchev–Trinajstić information content (AvgIpc) is 3.23. The van der Waals surface area contributed by atoms with Crippen molar-refractivity contribution in [2.75, 3.05) is 36.5 Å². The number of aromatic nitrogens is 4. The first-order chi connectivity index (χ1) is 14.2. The van der Waals surface area contributed by atoms with E-state index in [1.54, 1.807) is 13.1 Å². The van der Waals surface area contributed by atoms with Crippen molar-refractivity contribution in [2.24, 2.45) is 0 Å². The second-order valence-electron chi connectivity index (χ2n) is 6.71. The summed E-state index contributed by atoms with van der Waals surface area (Å²) in [5.41, 5.74) is 0.939. The largest absolute Gasteiger partial charge is 0.424 e. The van der Waals surface area contributed by atoms with Gasteiger partial charge in [0.05, 0.1) is 19.4 Å². The minimum Gasteiger partial charge on any atom is -0.424 e. The molecule has 1 fully saturated rings. The molecule has 1 aromatic carbocycles. The number of aromatic amines is 1.